The van der Waals surface area contributed by atoms with E-state index >= 15 is 0 Å². The first-order valence-electron chi connectivity index (χ1n) is 7.99. The molecule has 1 saturated heterocycles. The highest BCUT2D eigenvalue weighted by molar-refractivity contribution is 6.14. The summed E-state index contributed by atoms with van der Waals surface area (Å²) < 4.78 is 18.5. The van der Waals surface area contributed by atoms with Crippen LogP contribution in [0.4, 0.5) is 9.18 Å². The number of benzene rings is 2. The topological polar surface area (TPSA) is 58.6 Å². The molecule has 5 nitrogen and oxygen atoms in total. The molecule has 1 heterocycles. The van der Waals surface area contributed by atoms with Crippen molar-refractivity contribution in [3.63, 3.8) is 0 Å². The van der Waals surface area contributed by atoms with Crippen LogP contribution < -0.4 is 10.1 Å². The Bertz CT molecular complexity index is 858. The predicted molar refractivity (Wildman–Crippen MR) is 95.6 cm³/mol. The molecule has 0 radical (unpaired) electrons. The van der Waals surface area contributed by atoms with Gasteiger partial charge in [-0.3, -0.25) is 9.69 Å². The Kier molecular flexibility index (Phi) is 5.12. The maximum absolute atomic E-state index is 12.9. The van der Waals surface area contributed by atoms with Crippen LogP contribution in [0.1, 0.15) is 11.1 Å². The summed E-state index contributed by atoms with van der Waals surface area (Å²) in [4.78, 5) is 25.0. The Balaban J connectivity index is 1.64. The molecule has 6 heteroatoms. The van der Waals surface area contributed by atoms with Crippen molar-refractivity contribution in [3.8, 4) is 5.75 Å². The van der Waals surface area contributed by atoms with Gasteiger partial charge in [0.05, 0.1) is 0 Å². The molecular formula is C20H17FN2O3. The van der Waals surface area contributed by atoms with E-state index in [9.17, 15) is 14.0 Å². The molecule has 0 aromatic heterocycles. The van der Waals surface area contributed by atoms with E-state index in [1.165, 1.54) is 18.2 Å². The summed E-state index contributed by atoms with van der Waals surface area (Å²) >= 11 is 0. The highest BCUT2D eigenvalue weighted by Crippen LogP contribution is 2.18. The molecule has 2 aromatic rings. The Hall–Kier alpha value is -3.41. The molecule has 2 aromatic carbocycles. The van der Waals surface area contributed by atoms with Crippen molar-refractivity contribution in [1.82, 2.24) is 10.2 Å². The van der Waals surface area contributed by atoms with Crippen molar-refractivity contribution in [2.45, 2.75) is 6.61 Å². The largest absolute Gasteiger partial charge is 0.489 e. The molecule has 1 fully saturated rings. The maximum atomic E-state index is 12.9. The van der Waals surface area contributed by atoms with Crippen LogP contribution in [0.2, 0.25) is 0 Å². The van der Waals surface area contributed by atoms with Gasteiger partial charge in [-0.05, 0) is 41.5 Å². The Labute approximate surface area is 150 Å². The van der Waals surface area contributed by atoms with E-state index < -0.39 is 6.03 Å². The average Bonchev–Trinajstić information content (AvgIpc) is 2.90. The number of hydrogen-bond donors (Lipinski definition) is 1. The molecule has 132 valence electrons. The van der Waals surface area contributed by atoms with Crippen molar-refractivity contribution in [2.24, 2.45) is 0 Å². The number of carbonyl (C=O) groups is 2. The van der Waals surface area contributed by atoms with Crippen molar-refractivity contribution in [2.75, 3.05) is 6.54 Å². The Morgan fingerprint density at radius 2 is 1.77 bits per heavy atom. The number of imide groups is 1. The second kappa shape index (κ2) is 7.65. The molecular weight excluding hydrogens is 335 g/mol. The van der Waals surface area contributed by atoms with E-state index in [0.29, 0.717) is 12.4 Å². The summed E-state index contributed by atoms with van der Waals surface area (Å²) in [5.74, 6) is -0.0237. The SMILES string of the molecule is C=CCN1C(=O)N/C(=C/c2ccc(OCc3ccc(F)cc3)cc2)C1=O. The van der Waals surface area contributed by atoms with Crippen LogP contribution in [0.5, 0.6) is 5.75 Å². The summed E-state index contributed by atoms with van der Waals surface area (Å²) in [5.41, 5.74) is 1.83. The van der Waals surface area contributed by atoms with Gasteiger partial charge >= 0.3 is 6.03 Å². The second-order valence-electron chi connectivity index (χ2n) is 5.68. The van der Waals surface area contributed by atoms with E-state index in [1.807, 2.05) is 0 Å². The molecule has 3 amide bonds. The number of nitrogens with zero attached hydrogens (tertiary/aromatic N) is 1. The molecule has 0 aliphatic carbocycles. The van der Waals surface area contributed by atoms with Crippen LogP contribution in [0.15, 0.2) is 66.9 Å². The van der Waals surface area contributed by atoms with Crippen molar-refractivity contribution < 1.29 is 18.7 Å². The minimum Gasteiger partial charge on any atom is -0.489 e. The van der Waals surface area contributed by atoms with Crippen LogP contribution in [0, 0.1) is 5.82 Å². The molecule has 0 spiro atoms. The fourth-order valence-corrected chi connectivity index (χ4v) is 2.44. The number of rotatable bonds is 6. The zero-order valence-corrected chi connectivity index (χ0v) is 13.9. The van der Waals surface area contributed by atoms with Crippen LogP contribution in [0.25, 0.3) is 6.08 Å². The number of urea groups is 1. The third kappa shape index (κ3) is 3.97. The van der Waals surface area contributed by atoms with Gasteiger partial charge in [0.1, 0.15) is 23.9 Å². The normalized spacial score (nSPS) is 15.3. The Morgan fingerprint density at radius 1 is 1.08 bits per heavy atom. The van der Waals surface area contributed by atoms with Gasteiger partial charge in [0.25, 0.3) is 5.91 Å². The molecule has 0 unspecified atom stereocenters. The molecule has 0 bridgehead atoms. The first kappa shape index (κ1) is 17.4. The number of nitrogens with one attached hydrogen (secondary N) is 1. The zero-order chi connectivity index (χ0) is 18.5. The lowest BCUT2D eigenvalue weighted by Gasteiger charge is -2.07. The third-order valence-electron chi connectivity index (χ3n) is 3.78. The second-order valence-corrected chi connectivity index (χ2v) is 5.68. The quantitative estimate of drug-likeness (QED) is 0.492. The van der Waals surface area contributed by atoms with Gasteiger partial charge in [-0.1, -0.05) is 30.3 Å². The summed E-state index contributed by atoms with van der Waals surface area (Å²) in [6.45, 7) is 4.02. The summed E-state index contributed by atoms with van der Waals surface area (Å²) in [5, 5.41) is 2.54. The molecule has 1 aliphatic heterocycles. The number of hydrogen-bond acceptors (Lipinski definition) is 3. The van der Waals surface area contributed by atoms with Gasteiger partial charge in [-0.2, -0.15) is 0 Å². The van der Waals surface area contributed by atoms with Crippen LogP contribution in [-0.2, 0) is 11.4 Å². The average molecular weight is 352 g/mol. The van der Waals surface area contributed by atoms with E-state index in [-0.39, 0.29) is 24.0 Å². The maximum Gasteiger partial charge on any atom is 0.329 e. The van der Waals surface area contributed by atoms with Gasteiger partial charge in [-0.15, -0.1) is 6.58 Å². The number of halogens is 1. The Morgan fingerprint density at radius 3 is 2.42 bits per heavy atom. The van der Waals surface area contributed by atoms with Gasteiger partial charge in [0, 0.05) is 6.54 Å². The van der Waals surface area contributed by atoms with Crippen molar-refractivity contribution in [1.29, 1.82) is 0 Å². The number of amides is 3. The molecule has 3 rings (SSSR count). The zero-order valence-electron chi connectivity index (χ0n) is 13.9. The standard InChI is InChI=1S/C20H17FN2O3/c1-2-11-23-19(24)18(22-20(23)25)12-14-5-9-17(10-6-14)26-13-15-3-7-16(21)8-4-15/h2-10,12H,1,11,13H2,(H,22,25)/b18-12+. The van der Waals surface area contributed by atoms with E-state index in [4.69, 9.17) is 4.74 Å². The highest BCUT2D eigenvalue weighted by Gasteiger charge is 2.32. The van der Waals surface area contributed by atoms with Gasteiger partial charge < -0.3 is 10.1 Å². The van der Waals surface area contributed by atoms with Crippen LogP contribution in [0.3, 0.4) is 0 Å². The lowest BCUT2D eigenvalue weighted by Crippen LogP contribution is -2.30. The first-order valence-corrected chi connectivity index (χ1v) is 7.99. The fraction of sp³-hybridized carbons (Fsp3) is 0.100. The van der Waals surface area contributed by atoms with Crippen LogP contribution >= 0.6 is 0 Å². The number of ether oxygens (including phenoxy) is 1. The predicted octanol–water partition coefficient (Wildman–Crippen LogP) is 3.48. The molecule has 1 aliphatic rings. The molecule has 0 saturated carbocycles. The number of carbonyl (C=O) groups excluding carboxylic acids is 2. The van der Waals surface area contributed by atoms with E-state index in [0.717, 1.165) is 16.0 Å². The van der Waals surface area contributed by atoms with E-state index in [1.54, 1.807) is 42.5 Å². The lowest BCUT2D eigenvalue weighted by atomic mass is 10.2. The minimum absolute atomic E-state index is 0.165. The van der Waals surface area contributed by atoms with E-state index in [2.05, 4.69) is 11.9 Å². The highest BCUT2D eigenvalue weighted by atomic mass is 19.1. The van der Waals surface area contributed by atoms with Crippen molar-refractivity contribution in [3.05, 3.63) is 83.8 Å². The summed E-state index contributed by atoms with van der Waals surface area (Å²) in [6.07, 6.45) is 3.10. The summed E-state index contributed by atoms with van der Waals surface area (Å²) in [6, 6.07) is 12.7. The lowest BCUT2D eigenvalue weighted by molar-refractivity contribution is -0.122. The van der Waals surface area contributed by atoms with Crippen LogP contribution in [-0.4, -0.2) is 23.4 Å². The fourth-order valence-electron chi connectivity index (χ4n) is 2.44. The monoisotopic (exact) mass is 352 g/mol. The van der Waals surface area contributed by atoms with Gasteiger partial charge in [0.2, 0.25) is 0 Å². The minimum atomic E-state index is -0.458. The van der Waals surface area contributed by atoms with Gasteiger partial charge in [0.15, 0.2) is 0 Å². The summed E-state index contributed by atoms with van der Waals surface area (Å²) in [7, 11) is 0. The first-order chi connectivity index (χ1) is 12.6. The third-order valence-corrected chi connectivity index (χ3v) is 3.78. The smallest absolute Gasteiger partial charge is 0.329 e. The molecule has 1 N–H and O–H groups in total. The molecule has 0 atom stereocenters. The molecule has 26 heavy (non-hydrogen) atoms. The van der Waals surface area contributed by atoms with Crippen molar-refractivity contribution >= 4 is 18.0 Å². The van der Waals surface area contributed by atoms with Gasteiger partial charge in [-0.25, -0.2) is 9.18 Å².